The van der Waals surface area contributed by atoms with Gasteiger partial charge in [0.15, 0.2) is 0 Å². The molecular weight excluding hydrogens is 190 g/mol. The highest BCUT2D eigenvalue weighted by Gasteiger charge is 2.23. The van der Waals surface area contributed by atoms with Crippen molar-refractivity contribution < 1.29 is 9.47 Å². The number of ether oxygens (including phenoxy) is 2. The molecule has 1 fully saturated rings. The van der Waals surface area contributed by atoms with Gasteiger partial charge in [-0.15, -0.1) is 0 Å². The van der Waals surface area contributed by atoms with Crippen molar-refractivity contribution in [1.82, 2.24) is 5.32 Å². The zero-order valence-corrected chi connectivity index (χ0v) is 10.3. The first-order chi connectivity index (χ1) is 7.14. The summed E-state index contributed by atoms with van der Waals surface area (Å²) in [6.07, 6.45) is 2.74. The second kappa shape index (κ2) is 6.46. The minimum absolute atomic E-state index is 0.225. The standard InChI is InChI=1S/C12H25NO2/c1-12(2,9-13-6-7-14-3)10-15-8-11-4-5-11/h11,13H,4-10H2,1-3H3. The monoisotopic (exact) mass is 215 g/mol. The van der Waals surface area contributed by atoms with E-state index in [0.29, 0.717) is 0 Å². The first kappa shape index (κ1) is 12.9. The summed E-state index contributed by atoms with van der Waals surface area (Å²) >= 11 is 0. The summed E-state index contributed by atoms with van der Waals surface area (Å²) in [7, 11) is 1.73. The summed E-state index contributed by atoms with van der Waals surface area (Å²) in [6, 6.07) is 0. The summed E-state index contributed by atoms with van der Waals surface area (Å²) in [5, 5.41) is 3.38. The van der Waals surface area contributed by atoms with Crippen LogP contribution in [-0.2, 0) is 9.47 Å². The summed E-state index contributed by atoms with van der Waals surface area (Å²) in [4.78, 5) is 0. The molecule has 1 rings (SSSR count). The van der Waals surface area contributed by atoms with Gasteiger partial charge in [-0.25, -0.2) is 0 Å². The van der Waals surface area contributed by atoms with E-state index in [2.05, 4.69) is 19.2 Å². The van der Waals surface area contributed by atoms with Gasteiger partial charge in [0.05, 0.1) is 13.2 Å². The predicted molar refractivity (Wildman–Crippen MR) is 62.1 cm³/mol. The van der Waals surface area contributed by atoms with Crippen molar-refractivity contribution in [1.29, 1.82) is 0 Å². The predicted octanol–water partition coefficient (Wildman–Crippen LogP) is 1.68. The van der Waals surface area contributed by atoms with Gasteiger partial charge >= 0.3 is 0 Å². The van der Waals surface area contributed by atoms with E-state index in [1.807, 2.05) is 0 Å². The molecule has 0 bridgehead atoms. The number of rotatable bonds is 9. The van der Waals surface area contributed by atoms with E-state index in [1.54, 1.807) is 7.11 Å². The lowest BCUT2D eigenvalue weighted by Gasteiger charge is -2.24. The summed E-state index contributed by atoms with van der Waals surface area (Å²) in [5.74, 6) is 0.863. The highest BCUT2D eigenvalue weighted by molar-refractivity contribution is 4.74. The van der Waals surface area contributed by atoms with Gasteiger partial charge in [-0.1, -0.05) is 13.8 Å². The number of hydrogen-bond acceptors (Lipinski definition) is 3. The van der Waals surface area contributed by atoms with Crippen LogP contribution in [0, 0.1) is 11.3 Å². The maximum Gasteiger partial charge on any atom is 0.0587 e. The Kier molecular flexibility index (Phi) is 5.58. The maximum atomic E-state index is 5.71. The summed E-state index contributed by atoms with van der Waals surface area (Å²) in [5.41, 5.74) is 0.225. The van der Waals surface area contributed by atoms with E-state index in [1.165, 1.54) is 12.8 Å². The minimum atomic E-state index is 0.225. The fraction of sp³-hybridized carbons (Fsp3) is 1.00. The highest BCUT2D eigenvalue weighted by Crippen LogP contribution is 2.29. The molecule has 0 unspecified atom stereocenters. The van der Waals surface area contributed by atoms with Crippen molar-refractivity contribution >= 4 is 0 Å². The van der Waals surface area contributed by atoms with Gasteiger partial charge in [-0.05, 0) is 18.8 Å². The lowest BCUT2D eigenvalue weighted by Crippen LogP contribution is -2.35. The second-order valence-corrected chi connectivity index (χ2v) is 5.29. The van der Waals surface area contributed by atoms with Crippen LogP contribution in [-0.4, -0.2) is 40.0 Å². The molecule has 0 aliphatic heterocycles. The van der Waals surface area contributed by atoms with Crippen LogP contribution in [0.5, 0.6) is 0 Å². The van der Waals surface area contributed by atoms with Crippen LogP contribution in [0.2, 0.25) is 0 Å². The zero-order valence-electron chi connectivity index (χ0n) is 10.3. The molecule has 3 nitrogen and oxygen atoms in total. The van der Waals surface area contributed by atoms with Crippen LogP contribution in [0.1, 0.15) is 26.7 Å². The van der Waals surface area contributed by atoms with Gasteiger partial charge in [0.2, 0.25) is 0 Å². The molecule has 3 heteroatoms. The maximum absolute atomic E-state index is 5.71. The lowest BCUT2D eigenvalue weighted by molar-refractivity contribution is 0.0548. The van der Waals surface area contributed by atoms with Gasteiger partial charge in [0.1, 0.15) is 0 Å². The first-order valence-electron chi connectivity index (χ1n) is 5.91. The molecule has 0 atom stereocenters. The van der Waals surface area contributed by atoms with E-state index in [-0.39, 0.29) is 5.41 Å². The third-order valence-corrected chi connectivity index (χ3v) is 2.63. The third kappa shape index (κ3) is 6.88. The molecule has 1 aliphatic rings. The van der Waals surface area contributed by atoms with Crippen LogP contribution < -0.4 is 5.32 Å². The molecule has 0 saturated heterocycles. The van der Waals surface area contributed by atoms with E-state index in [9.17, 15) is 0 Å². The fourth-order valence-electron chi connectivity index (χ4n) is 1.44. The van der Waals surface area contributed by atoms with Gasteiger partial charge in [0.25, 0.3) is 0 Å². The number of nitrogens with one attached hydrogen (secondary N) is 1. The van der Waals surface area contributed by atoms with Crippen molar-refractivity contribution in [2.75, 3.05) is 40.0 Å². The average Bonchev–Trinajstić information content (AvgIpc) is 2.96. The van der Waals surface area contributed by atoms with Crippen LogP contribution >= 0.6 is 0 Å². The zero-order chi connectivity index (χ0) is 11.1. The number of hydrogen-bond donors (Lipinski definition) is 1. The highest BCUT2D eigenvalue weighted by atomic mass is 16.5. The van der Waals surface area contributed by atoms with E-state index in [0.717, 1.165) is 38.8 Å². The van der Waals surface area contributed by atoms with Gasteiger partial charge < -0.3 is 14.8 Å². The second-order valence-electron chi connectivity index (χ2n) is 5.29. The van der Waals surface area contributed by atoms with Crippen molar-refractivity contribution in [2.24, 2.45) is 11.3 Å². The van der Waals surface area contributed by atoms with Gasteiger partial charge in [-0.3, -0.25) is 0 Å². The van der Waals surface area contributed by atoms with Gasteiger partial charge in [-0.2, -0.15) is 0 Å². The molecule has 1 N–H and O–H groups in total. The smallest absolute Gasteiger partial charge is 0.0587 e. The molecule has 0 amide bonds. The van der Waals surface area contributed by atoms with Crippen molar-refractivity contribution in [2.45, 2.75) is 26.7 Å². The molecule has 90 valence electrons. The molecule has 1 saturated carbocycles. The van der Waals surface area contributed by atoms with Crippen LogP contribution in [0.4, 0.5) is 0 Å². The normalized spacial score (nSPS) is 17.0. The van der Waals surface area contributed by atoms with E-state index >= 15 is 0 Å². The van der Waals surface area contributed by atoms with Crippen molar-refractivity contribution in [3.05, 3.63) is 0 Å². The molecule has 0 aromatic heterocycles. The molecule has 0 spiro atoms. The van der Waals surface area contributed by atoms with Crippen molar-refractivity contribution in [3.8, 4) is 0 Å². The Morgan fingerprint density at radius 2 is 2.07 bits per heavy atom. The quantitative estimate of drug-likeness (QED) is 0.594. The Morgan fingerprint density at radius 1 is 1.33 bits per heavy atom. The Bertz CT molecular complexity index is 167. The Morgan fingerprint density at radius 3 is 2.67 bits per heavy atom. The molecule has 0 heterocycles. The number of methoxy groups -OCH3 is 1. The van der Waals surface area contributed by atoms with Gasteiger partial charge in [0, 0.05) is 32.2 Å². The summed E-state index contributed by atoms with van der Waals surface area (Å²) in [6.45, 7) is 8.97. The molecule has 1 aliphatic carbocycles. The van der Waals surface area contributed by atoms with Crippen LogP contribution in [0.15, 0.2) is 0 Å². The van der Waals surface area contributed by atoms with Crippen LogP contribution in [0.25, 0.3) is 0 Å². The Labute approximate surface area is 93.5 Å². The van der Waals surface area contributed by atoms with Crippen LogP contribution in [0.3, 0.4) is 0 Å². The minimum Gasteiger partial charge on any atom is -0.383 e. The molecule has 0 aromatic rings. The largest absolute Gasteiger partial charge is 0.383 e. The third-order valence-electron chi connectivity index (χ3n) is 2.63. The topological polar surface area (TPSA) is 30.5 Å². The Balaban J connectivity index is 1.96. The van der Waals surface area contributed by atoms with E-state index in [4.69, 9.17) is 9.47 Å². The molecule has 15 heavy (non-hydrogen) atoms. The average molecular weight is 215 g/mol. The fourth-order valence-corrected chi connectivity index (χ4v) is 1.44. The lowest BCUT2D eigenvalue weighted by atomic mass is 9.95. The summed E-state index contributed by atoms with van der Waals surface area (Å²) < 4.78 is 10.7. The first-order valence-corrected chi connectivity index (χ1v) is 5.91. The van der Waals surface area contributed by atoms with Crippen molar-refractivity contribution in [3.63, 3.8) is 0 Å². The molecule has 0 radical (unpaired) electrons. The Hall–Kier alpha value is -0.120. The van der Waals surface area contributed by atoms with E-state index < -0.39 is 0 Å². The molecular formula is C12H25NO2. The molecule has 0 aromatic carbocycles. The SMILES string of the molecule is COCCNCC(C)(C)COCC1CC1.